The Morgan fingerprint density at radius 2 is 1.56 bits per heavy atom. The van der Waals surface area contributed by atoms with E-state index in [9.17, 15) is 4.79 Å². The molecular formula is C26H26ClN5OS. The normalized spacial score (nSPS) is 11.7. The van der Waals surface area contributed by atoms with Crippen LogP contribution in [0.15, 0.2) is 90.1 Å². The van der Waals surface area contributed by atoms with Gasteiger partial charge in [0.2, 0.25) is 5.91 Å². The largest absolute Gasteiger partial charge is 0.378 e. The lowest BCUT2D eigenvalue weighted by Crippen LogP contribution is -2.33. The number of benzene rings is 3. The molecule has 0 aliphatic heterocycles. The van der Waals surface area contributed by atoms with Gasteiger partial charge in [-0.05, 0) is 62.4 Å². The van der Waals surface area contributed by atoms with Gasteiger partial charge in [0.15, 0.2) is 11.0 Å². The predicted molar refractivity (Wildman–Crippen MR) is 140 cm³/mol. The van der Waals surface area contributed by atoms with E-state index >= 15 is 0 Å². The average molecular weight is 492 g/mol. The van der Waals surface area contributed by atoms with Gasteiger partial charge in [0, 0.05) is 28.6 Å². The molecule has 1 aromatic heterocycles. The van der Waals surface area contributed by atoms with E-state index in [1.54, 1.807) is 4.90 Å². The molecule has 1 atom stereocenters. The number of hydrogen-bond acceptors (Lipinski definition) is 5. The maximum Gasteiger partial charge on any atom is 0.244 e. The van der Waals surface area contributed by atoms with E-state index in [1.807, 2.05) is 103 Å². The predicted octanol–water partition coefficient (Wildman–Crippen LogP) is 6.41. The first-order valence-corrected chi connectivity index (χ1v) is 12.3. The summed E-state index contributed by atoms with van der Waals surface area (Å²) >= 11 is 7.38. The number of carbonyl (C=O) groups excluding carboxylic acids is 1. The van der Waals surface area contributed by atoms with Gasteiger partial charge in [-0.1, -0.05) is 59.8 Å². The Bertz CT molecular complexity index is 1180. The summed E-state index contributed by atoms with van der Waals surface area (Å²) in [6, 6.07) is 26.9. The monoisotopic (exact) mass is 491 g/mol. The Morgan fingerprint density at radius 3 is 2.12 bits per heavy atom. The van der Waals surface area contributed by atoms with Crippen molar-refractivity contribution in [2.75, 3.05) is 10.2 Å². The molecule has 8 heteroatoms. The van der Waals surface area contributed by atoms with Gasteiger partial charge in [0.25, 0.3) is 0 Å². The first kappa shape index (κ1) is 23.9. The number of anilines is 3. The van der Waals surface area contributed by atoms with E-state index in [0.717, 1.165) is 28.0 Å². The number of rotatable bonds is 9. The highest BCUT2D eigenvalue weighted by atomic mass is 35.5. The Kier molecular flexibility index (Phi) is 7.87. The number of para-hydroxylation sites is 2. The zero-order valence-electron chi connectivity index (χ0n) is 19.1. The number of amides is 1. The molecule has 4 aromatic rings. The van der Waals surface area contributed by atoms with Crippen LogP contribution in [-0.4, -0.2) is 25.9 Å². The molecule has 0 saturated carbocycles. The van der Waals surface area contributed by atoms with Crippen molar-refractivity contribution in [1.82, 2.24) is 14.8 Å². The molecule has 0 unspecified atom stereocenters. The number of nitrogens with zero attached hydrogens (tertiary/aromatic N) is 4. The summed E-state index contributed by atoms with van der Waals surface area (Å²) in [5.74, 6) is 0.788. The van der Waals surface area contributed by atoms with E-state index in [2.05, 4.69) is 15.5 Å². The van der Waals surface area contributed by atoms with Crippen molar-refractivity contribution in [3.8, 4) is 0 Å². The third-order valence-electron chi connectivity index (χ3n) is 5.28. The molecule has 1 N–H and O–H groups in total. The second-order valence-electron chi connectivity index (χ2n) is 7.61. The minimum Gasteiger partial charge on any atom is -0.378 e. The van der Waals surface area contributed by atoms with Crippen molar-refractivity contribution in [3.05, 3.63) is 95.8 Å². The van der Waals surface area contributed by atoms with Gasteiger partial charge in [-0.25, -0.2) is 0 Å². The van der Waals surface area contributed by atoms with E-state index in [1.165, 1.54) is 11.8 Å². The zero-order chi connectivity index (χ0) is 23.9. The van der Waals surface area contributed by atoms with Crippen LogP contribution in [0.25, 0.3) is 0 Å². The van der Waals surface area contributed by atoms with Crippen LogP contribution in [0.3, 0.4) is 0 Å². The molecule has 1 heterocycles. The summed E-state index contributed by atoms with van der Waals surface area (Å²) in [5.41, 5.74) is 2.61. The van der Waals surface area contributed by atoms with E-state index in [0.29, 0.717) is 18.1 Å². The van der Waals surface area contributed by atoms with Crippen molar-refractivity contribution in [1.29, 1.82) is 0 Å². The molecule has 1 amide bonds. The highest BCUT2D eigenvalue weighted by molar-refractivity contribution is 8.00. The molecule has 0 aliphatic rings. The van der Waals surface area contributed by atoms with Crippen LogP contribution in [0.5, 0.6) is 0 Å². The molecule has 174 valence electrons. The Balaban J connectivity index is 1.51. The van der Waals surface area contributed by atoms with Crippen molar-refractivity contribution >= 4 is 46.3 Å². The van der Waals surface area contributed by atoms with Crippen LogP contribution >= 0.6 is 23.4 Å². The Morgan fingerprint density at radius 1 is 0.971 bits per heavy atom. The van der Waals surface area contributed by atoms with Gasteiger partial charge in [-0.15, -0.1) is 10.2 Å². The van der Waals surface area contributed by atoms with Crippen LogP contribution in [-0.2, 0) is 17.9 Å². The van der Waals surface area contributed by atoms with Gasteiger partial charge < -0.3 is 9.88 Å². The Labute approximate surface area is 209 Å². The lowest BCUT2D eigenvalue weighted by Gasteiger charge is -2.25. The molecule has 34 heavy (non-hydrogen) atoms. The molecule has 4 rings (SSSR count). The average Bonchev–Trinajstić information content (AvgIpc) is 3.26. The SMILES string of the molecule is CCn1c(CNc2ccc(Cl)cc2)nnc1S[C@H](C)C(=O)N(c1ccccc1)c1ccccc1. The summed E-state index contributed by atoms with van der Waals surface area (Å²) in [7, 11) is 0. The number of hydrogen-bond donors (Lipinski definition) is 1. The third-order valence-corrected chi connectivity index (χ3v) is 6.60. The molecular weight excluding hydrogens is 466 g/mol. The molecule has 0 radical (unpaired) electrons. The minimum absolute atomic E-state index is 0.0195. The van der Waals surface area contributed by atoms with E-state index < -0.39 is 0 Å². The van der Waals surface area contributed by atoms with E-state index in [-0.39, 0.29) is 11.2 Å². The molecule has 0 saturated heterocycles. The fourth-order valence-corrected chi connectivity index (χ4v) is 4.65. The fourth-order valence-electron chi connectivity index (χ4n) is 3.55. The number of carbonyl (C=O) groups is 1. The third kappa shape index (κ3) is 5.61. The topological polar surface area (TPSA) is 63.1 Å². The first-order chi connectivity index (χ1) is 16.6. The second kappa shape index (κ2) is 11.2. The molecule has 6 nitrogen and oxygen atoms in total. The summed E-state index contributed by atoms with van der Waals surface area (Å²) in [5, 5.41) is 13.1. The standard InChI is InChI=1S/C26H26ClN5OS/c1-3-31-24(18-28-21-16-14-20(27)15-17-21)29-30-26(31)34-19(2)25(33)32(22-10-6-4-7-11-22)23-12-8-5-9-13-23/h4-17,19,28H,3,18H2,1-2H3/t19-/m1/s1. The summed E-state index contributed by atoms with van der Waals surface area (Å²) < 4.78 is 2.03. The maximum atomic E-state index is 13.6. The van der Waals surface area contributed by atoms with Gasteiger partial charge in [-0.3, -0.25) is 9.69 Å². The summed E-state index contributed by atoms with van der Waals surface area (Å²) in [4.78, 5) is 15.4. The molecule has 0 spiro atoms. The number of nitrogens with one attached hydrogen (secondary N) is 1. The van der Waals surface area contributed by atoms with Crippen molar-refractivity contribution in [3.63, 3.8) is 0 Å². The zero-order valence-corrected chi connectivity index (χ0v) is 20.6. The fraction of sp³-hybridized carbons (Fsp3) is 0.192. The van der Waals surface area contributed by atoms with Crippen LogP contribution < -0.4 is 10.2 Å². The molecule has 0 aliphatic carbocycles. The first-order valence-electron chi connectivity index (χ1n) is 11.1. The van der Waals surface area contributed by atoms with Crippen LogP contribution in [0.1, 0.15) is 19.7 Å². The second-order valence-corrected chi connectivity index (χ2v) is 9.35. The quantitative estimate of drug-likeness (QED) is 0.274. The molecule has 0 fully saturated rings. The lowest BCUT2D eigenvalue weighted by atomic mass is 10.2. The van der Waals surface area contributed by atoms with Crippen LogP contribution in [0.4, 0.5) is 17.1 Å². The highest BCUT2D eigenvalue weighted by Gasteiger charge is 2.26. The molecule has 3 aromatic carbocycles. The van der Waals surface area contributed by atoms with E-state index in [4.69, 9.17) is 11.6 Å². The van der Waals surface area contributed by atoms with Crippen molar-refractivity contribution in [2.24, 2.45) is 0 Å². The van der Waals surface area contributed by atoms with Gasteiger partial charge in [0.1, 0.15) is 0 Å². The summed E-state index contributed by atoms with van der Waals surface area (Å²) in [6.07, 6.45) is 0. The van der Waals surface area contributed by atoms with Crippen molar-refractivity contribution in [2.45, 2.75) is 37.3 Å². The van der Waals surface area contributed by atoms with Crippen LogP contribution in [0.2, 0.25) is 5.02 Å². The van der Waals surface area contributed by atoms with Gasteiger partial charge in [0.05, 0.1) is 11.8 Å². The maximum absolute atomic E-state index is 13.6. The summed E-state index contributed by atoms with van der Waals surface area (Å²) in [6.45, 7) is 5.18. The van der Waals surface area contributed by atoms with Gasteiger partial charge >= 0.3 is 0 Å². The van der Waals surface area contributed by atoms with Crippen molar-refractivity contribution < 1.29 is 4.79 Å². The Hall–Kier alpha value is -3.29. The number of halogens is 1. The van der Waals surface area contributed by atoms with Gasteiger partial charge in [-0.2, -0.15) is 0 Å². The molecule has 0 bridgehead atoms. The number of thioether (sulfide) groups is 1. The lowest BCUT2D eigenvalue weighted by molar-refractivity contribution is -0.117. The van der Waals surface area contributed by atoms with Crippen LogP contribution in [0, 0.1) is 0 Å². The number of aromatic nitrogens is 3. The smallest absolute Gasteiger partial charge is 0.244 e. The minimum atomic E-state index is -0.369. The highest BCUT2D eigenvalue weighted by Crippen LogP contribution is 2.31.